The predicted octanol–water partition coefficient (Wildman–Crippen LogP) is 11.8. The topological polar surface area (TPSA) is 49.3 Å². The molecule has 0 aliphatic heterocycles. The molecule has 1 amide bonds. The van der Waals surface area contributed by atoms with Crippen molar-refractivity contribution in [2.45, 2.75) is 207 Å². The second-order valence-corrected chi connectivity index (χ2v) is 17.5. The lowest BCUT2D eigenvalue weighted by molar-refractivity contribution is -0.129. The molecule has 0 spiro atoms. The number of carbonyl (C=O) groups is 1. The van der Waals surface area contributed by atoms with Crippen molar-refractivity contribution in [3.8, 4) is 0 Å². The molecule has 4 saturated carbocycles. The molecular weight excluding hydrogens is 550 g/mol. The highest BCUT2D eigenvalue weighted by molar-refractivity contribution is 5.75. The molecule has 3 heteroatoms. The van der Waals surface area contributed by atoms with Gasteiger partial charge in [-0.3, -0.25) is 4.79 Å². The Kier molecular flexibility index (Phi) is 15.6. The van der Waals surface area contributed by atoms with Gasteiger partial charge in [0.15, 0.2) is 0 Å². The summed E-state index contributed by atoms with van der Waals surface area (Å²) in [6.07, 6.45) is 35.7. The standard InChI is InChI=1S/C42H77NO2/c1-5-6-7-8-9-10-11-12-13-14-15-16-17-18-19-20-31-43-40(45)26-21-33(2)37-24-25-38-36-23-22-34-32-35(44)27-29-41(34,3)39(36)28-30-42(37,38)4/h33-39,44H,5-32H2,1-4H3,(H,43,45)/t33-,34-,35-,36?,37-,38?,39?,41+,42-/m1/s1. The van der Waals surface area contributed by atoms with Crippen LogP contribution in [0.5, 0.6) is 0 Å². The Morgan fingerprint density at radius 1 is 0.711 bits per heavy atom. The first kappa shape index (κ1) is 37.3. The Morgan fingerprint density at radius 2 is 1.27 bits per heavy atom. The van der Waals surface area contributed by atoms with Crippen molar-refractivity contribution in [2.75, 3.05) is 6.54 Å². The first-order chi connectivity index (χ1) is 21.8. The highest BCUT2D eigenvalue weighted by Crippen LogP contribution is 2.68. The van der Waals surface area contributed by atoms with Crippen LogP contribution in [0.25, 0.3) is 0 Å². The summed E-state index contributed by atoms with van der Waals surface area (Å²) in [6.45, 7) is 10.9. The van der Waals surface area contributed by atoms with Crippen molar-refractivity contribution >= 4 is 5.91 Å². The summed E-state index contributed by atoms with van der Waals surface area (Å²) in [5, 5.41) is 13.6. The summed E-state index contributed by atoms with van der Waals surface area (Å²) < 4.78 is 0. The van der Waals surface area contributed by atoms with Crippen LogP contribution in [0, 0.1) is 46.3 Å². The number of fused-ring (bicyclic) bond motifs is 5. The zero-order valence-electron chi connectivity index (χ0n) is 30.7. The summed E-state index contributed by atoms with van der Waals surface area (Å²) in [5.41, 5.74) is 0.944. The zero-order chi connectivity index (χ0) is 32.1. The smallest absolute Gasteiger partial charge is 0.220 e. The molecule has 3 nitrogen and oxygen atoms in total. The second kappa shape index (κ2) is 18.8. The van der Waals surface area contributed by atoms with Gasteiger partial charge in [0.2, 0.25) is 5.91 Å². The van der Waals surface area contributed by atoms with E-state index in [1.54, 1.807) is 0 Å². The molecule has 2 N–H and O–H groups in total. The average molecular weight is 628 g/mol. The zero-order valence-corrected chi connectivity index (χ0v) is 30.7. The van der Waals surface area contributed by atoms with Gasteiger partial charge in [-0.1, -0.05) is 124 Å². The Balaban J connectivity index is 1.02. The van der Waals surface area contributed by atoms with E-state index in [9.17, 15) is 9.90 Å². The third-order valence-corrected chi connectivity index (χ3v) is 14.6. The number of hydrogen-bond acceptors (Lipinski definition) is 2. The first-order valence-corrected chi connectivity index (χ1v) is 20.7. The third kappa shape index (κ3) is 10.2. The van der Waals surface area contributed by atoms with Gasteiger partial charge >= 0.3 is 0 Å². The van der Waals surface area contributed by atoms with Crippen molar-refractivity contribution in [1.29, 1.82) is 0 Å². The lowest BCUT2D eigenvalue weighted by atomic mass is 9.44. The van der Waals surface area contributed by atoms with E-state index in [0.29, 0.717) is 23.2 Å². The number of rotatable bonds is 21. The van der Waals surface area contributed by atoms with Crippen LogP contribution in [0.3, 0.4) is 0 Å². The van der Waals surface area contributed by atoms with Gasteiger partial charge in [-0.25, -0.2) is 0 Å². The molecule has 0 aromatic rings. The summed E-state index contributed by atoms with van der Waals surface area (Å²) in [5.74, 6) is 5.14. The van der Waals surface area contributed by atoms with Gasteiger partial charge in [0, 0.05) is 13.0 Å². The van der Waals surface area contributed by atoms with Crippen molar-refractivity contribution in [1.82, 2.24) is 5.32 Å². The van der Waals surface area contributed by atoms with E-state index >= 15 is 0 Å². The monoisotopic (exact) mass is 628 g/mol. The summed E-state index contributed by atoms with van der Waals surface area (Å²) >= 11 is 0. The summed E-state index contributed by atoms with van der Waals surface area (Å²) in [6, 6.07) is 0. The number of aliphatic hydroxyl groups is 1. The van der Waals surface area contributed by atoms with Gasteiger partial charge in [0.25, 0.3) is 0 Å². The van der Waals surface area contributed by atoms with E-state index < -0.39 is 0 Å². The quantitative estimate of drug-likeness (QED) is 0.124. The molecule has 4 fully saturated rings. The Bertz CT molecular complexity index is 843. The minimum Gasteiger partial charge on any atom is -0.393 e. The lowest BCUT2D eigenvalue weighted by Crippen LogP contribution is -2.54. The van der Waals surface area contributed by atoms with Crippen molar-refractivity contribution in [3.05, 3.63) is 0 Å². The van der Waals surface area contributed by atoms with Gasteiger partial charge in [-0.05, 0) is 117 Å². The predicted molar refractivity (Wildman–Crippen MR) is 192 cm³/mol. The van der Waals surface area contributed by atoms with Crippen LogP contribution in [-0.2, 0) is 4.79 Å². The molecule has 0 saturated heterocycles. The molecule has 9 atom stereocenters. The van der Waals surface area contributed by atoms with Crippen molar-refractivity contribution < 1.29 is 9.90 Å². The van der Waals surface area contributed by atoms with Crippen molar-refractivity contribution in [3.63, 3.8) is 0 Å². The number of carbonyl (C=O) groups excluding carboxylic acids is 1. The van der Waals surface area contributed by atoms with E-state index in [2.05, 4.69) is 33.0 Å². The molecule has 3 unspecified atom stereocenters. The first-order valence-electron chi connectivity index (χ1n) is 20.7. The molecule has 0 radical (unpaired) electrons. The summed E-state index contributed by atoms with van der Waals surface area (Å²) in [7, 11) is 0. The van der Waals surface area contributed by atoms with Gasteiger partial charge in [0.05, 0.1) is 6.10 Å². The maximum Gasteiger partial charge on any atom is 0.220 e. The number of aliphatic hydroxyl groups excluding tert-OH is 1. The highest BCUT2D eigenvalue weighted by atomic mass is 16.3. The second-order valence-electron chi connectivity index (χ2n) is 17.5. The molecular formula is C42H77NO2. The molecule has 4 aliphatic rings. The van der Waals surface area contributed by atoms with Crippen LogP contribution < -0.4 is 5.32 Å². The van der Waals surface area contributed by atoms with E-state index in [4.69, 9.17) is 0 Å². The number of unbranched alkanes of at least 4 members (excludes halogenated alkanes) is 15. The minimum atomic E-state index is -0.0451. The third-order valence-electron chi connectivity index (χ3n) is 14.6. The minimum absolute atomic E-state index is 0.0451. The molecule has 262 valence electrons. The van der Waals surface area contributed by atoms with Crippen LogP contribution in [-0.4, -0.2) is 23.7 Å². The largest absolute Gasteiger partial charge is 0.393 e. The molecule has 0 aromatic carbocycles. The van der Waals surface area contributed by atoms with E-state index in [1.807, 2.05) is 0 Å². The molecule has 4 aliphatic carbocycles. The van der Waals surface area contributed by atoms with Gasteiger partial charge in [0.1, 0.15) is 0 Å². The van der Waals surface area contributed by atoms with Crippen LogP contribution in [0.1, 0.15) is 201 Å². The molecule has 0 heterocycles. The fourth-order valence-corrected chi connectivity index (χ4v) is 11.8. The molecule has 0 aromatic heterocycles. The number of nitrogens with one attached hydrogen (secondary N) is 1. The molecule has 0 bridgehead atoms. The van der Waals surface area contributed by atoms with Gasteiger partial charge < -0.3 is 10.4 Å². The summed E-state index contributed by atoms with van der Waals surface area (Å²) in [4.78, 5) is 12.7. The number of hydrogen-bond donors (Lipinski definition) is 2. The van der Waals surface area contributed by atoms with Crippen LogP contribution in [0.15, 0.2) is 0 Å². The lowest BCUT2D eigenvalue weighted by Gasteiger charge is -2.61. The van der Waals surface area contributed by atoms with E-state index in [1.165, 1.54) is 141 Å². The normalized spacial score (nSPS) is 35.0. The van der Waals surface area contributed by atoms with Crippen LogP contribution in [0.2, 0.25) is 0 Å². The Hall–Kier alpha value is -0.570. The van der Waals surface area contributed by atoms with Gasteiger partial charge in [-0.15, -0.1) is 0 Å². The maximum atomic E-state index is 12.7. The SMILES string of the molecule is CCCCCCCCCCCCCCCCCCNC(=O)CC[C@@H](C)[C@H]1CCC2C3CC[C@@H]4C[C@H](O)CC[C@]4(C)C3CC[C@@]21C. The van der Waals surface area contributed by atoms with Gasteiger partial charge in [-0.2, -0.15) is 0 Å². The average Bonchev–Trinajstić information content (AvgIpc) is 3.39. The maximum absolute atomic E-state index is 12.7. The fourth-order valence-electron chi connectivity index (χ4n) is 11.8. The Morgan fingerprint density at radius 3 is 1.89 bits per heavy atom. The van der Waals surface area contributed by atoms with Crippen LogP contribution in [0.4, 0.5) is 0 Å². The number of amides is 1. The fraction of sp³-hybridized carbons (Fsp3) is 0.976. The van der Waals surface area contributed by atoms with E-state index in [-0.39, 0.29) is 12.0 Å². The van der Waals surface area contributed by atoms with Crippen molar-refractivity contribution in [2.24, 2.45) is 46.3 Å². The highest BCUT2D eigenvalue weighted by Gasteiger charge is 2.60. The van der Waals surface area contributed by atoms with Crippen LogP contribution >= 0.6 is 0 Å². The molecule has 4 rings (SSSR count). The van der Waals surface area contributed by atoms with E-state index in [0.717, 1.165) is 61.8 Å². The molecule has 45 heavy (non-hydrogen) atoms. The Labute approximate surface area is 280 Å².